The molecule has 0 aliphatic heterocycles. The van der Waals surface area contributed by atoms with E-state index in [0.717, 1.165) is 0 Å². The highest BCUT2D eigenvalue weighted by atomic mass is 28.3. The first-order valence-electron chi connectivity index (χ1n) is 4.27. The molecule has 0 bridgehead atoms. The van der Waals surface area contributed by atoms with Crippen LogP contribution in [0.2, 0.25) is 19.1 Å². The molecule has 2 N–H and O–H groups in total. The van der Waals surface area contributed by atoms with Crippen molar-refractivity contribution >= 4 is 8.80 Å². The van der Waals surface area contributed by atoms with Gasteiger partial charge in [0.05, 0.1) is 0 Å². The molecule has 1 nitrogen and oxygen atoms in total. The summed E-state index contributed by atoms with van der Waals surface area (Å²) < 4.78 is 0. The molecule has 0 aliphatic rings. The summed E-state index contributed by atoms with van der Waals surface area (Å²) >= 11 is 0. The van der Waals surface area contributed by atoms with Crippen LogP contribution in [0.25, 0.3) is 0 Å². The largest absolute Gasteiger partial charge is 0.412 e. The van der Waals surface area contributed by atoms with Crippen molar-refractivity contribution in [1.29, 1.82) is 0 Å². The molecule has 2 heteroatoms. The Hall–Kier alpha value is 0.177. The molecular formula is C8H22OSi. The van der Waals surface area contributed by atoms with Gasteiger partial charge in [0.1, 0.15) is 0 Å². The van der Waals surface area contributed by atoms with E-state index < -0.39 is 0 Å². The minimum Gasteiger partial charge on any atom is -0.412 e. The van der Waals surface area contributed by atoms with Gasteiger partial charge in [0.15, 0.2) is 0 Å². The minimum absolute atomic E-state index is 0. The lowest BCUT2D eigenvalue weighted by Crippen LogP contribution is -1.97. The van der Waals surface area contributed by atoms with E-state index in [2.05, 4.69) is 20.0 Å². The van der Waals surface area contributed by atoms with Crippen molar-refractivity contribution in [3.63, 3.8) is 0 Å². The fraction of sp³-hybridized carbons (Fsp3) is 1.00. The average molecular weight is 162 g/mol. The highest BCUT2D eigenvalue weighted by Gasteiger charge is 1.93. The van der Waals surface area contributed by atoms with Gasteiger partial charge in [-0.25, -0.2) is 0 Å². The van der Waals surface area contributed by atoms with Gasteiger partial charge >= 0.3 is 0 Å². The Morgan fingerprint density at radius 2 is 1.60 bits per heavy atom. The molecule has 0 saturated carbocycles. The van der Waals surface area contributed by atoms with Gasteiger partial charge in [-0.3, -0.25) is 0 Å². The van der Waals surface area contributed by atoms with Crippen molar-refractivity contribution < 1.29 is 5.48 Å². The summed E-state index contributed by atoms with van der Waals surface area (Å²) in [6, 6.07) is 1.56. The molecule has 0 fully saturated rings. The molecule has 0 aliphatic carbocycles. The van der Waals surface area contributed by atoms with Gasteiger partial charge in [0.25, 0.3) is 0 Å². The molecule has 0 unspecified atom stereocenters. The second kappa shape index (κ2) is 9.18. The highest BCUT2D eigenvalue weighted by Crippen LogP contribution is 2.05. The van der Waals surface area contributed by atoms with E-state index in [9.17, 15) is 0 Å². The fourth-order valence-electron chi connectivity index (χ4n) is 0.979. The number of hydrogen-bond acceptors (Lipinski definition) is 0. The van der Waals surface area contributed by atoms with Crippen LogP contribution in [-0.4, -0.2) is 14.3 Å². The first-order valence-corrected chi connectivity index (χ1v) is 7.40. The van der Waals surface area contributed by atoms with Crippen molar-refractivity contribution in [3.05, 3.63) is 0 Å². The predicted octanol–water partition coefficient (Wildman–Crippen LogP) is 2.23. The first-order chi connectivity index (χ1) is 4.27. The maximum absolute atomic E-state index is 2.44. The summed E-state index contributed by atoms with van der Waals surface area (Å²) in [6.07, 6.45) is 5.79. The van der Waals surface area contributed by atoms with E-state index in [1.807, 2.05) is 0 Å². The SMILES string of the molecule is CCCCCC[SiH](C)C.O. The van der Waals surface area contributed by atoms with Crippen LogP contribution in [0, 0.1) is 0 Å². The standard InChI is InChI=1S/C8H20Si.H2O/c1-4-5-6-7-8-9(2)3;/h9H,4-8H2,1-3H3;1H2. The van der Waals surface area contributed by atoms with Crippen molar-refractivity contribution in [2.24, 2.45) is 0 Å². The van der Waals surface area contributed by atoms with Gasteiger partial charge in [-0.2, -0.15) is 0 Å². The van der Waals surface area contributed by atoms with E-state index in [4.69, 9.17) is 0 Å². The minimum atomic E-state index is -0.213. The van der Waals surface area contributed by atoms with Crippen LogP contribution < -0.4 is 0 Å². The maximum atomic E-state index is 2.44. The number of hydrogen-bond donors (Lipinski definition) is 0. The molecule has 0 radical (unpaired) electrons. The normalized spacial score (nSPS) is 9.60. The average Bonchev–Trinajstić information content (AvgIpc) is 1.80. The zero-order chi connectivity index (χ0) is 7.11. The van der Waals surface area contributed by atoms with Crippen molar-refractivity contribution in [3.8, 4) is 0 Å². The van der Waals surface area contributed by atoms with Crippen LogP contribution in [0.15, 0.2) is 0 Å². The number of unbranched alkanes of at least 4 members (excludes halogenated alkanes) is 3. The molecule has 0 atom stereocenters. The quantitative estimate of drug-likeness (QED) is 0.438. The Morgan fingerprint density at radius 3 is 2.00 bits per heavy atom. The van der Waals surface area contributed by atoms with Gasteiger partial charge in [-0.1, -0.05) is 51.7 Å². The van der Waals surface area contributed by atoms with Crippen LogP contribution in [-0.2, 0) is 0 Å². The van der Waals surface area contributed by atoms with E-state index in [1.165, 1.54) is 25.7 Å². The molecule has 0 aromatic carbocycles. The summed E-state index contributed by atoms with van der Waals surface area (Å²) in [7, 11) is -0.213. The van der Waals surface area contributed by atoms with E-state index in [-0.39, 0.29) is 14.3 Å². The van der Waals surface area contributed by atoms with Crippen LogP contribution in [0.1, 0.15) is 32.6 Å². The lowest BCUT2D eigenvalue weighted by Gasteiger charge is -2.00. The third-order valence-corrected chi connectivity index (χ3v) is 3.20. The Morgan fingerprint density at radius 1 is 1.00 bits per heavy atom. The molecule has 64 valence electrons. The van der Waals surface area contributed by atoms with Crippen LogP contribution in [0.5, 0.6) is 0 Å². The summed E-state index contributed by atoms with van der Waals surface area (Å²) in [5, 5.41) is 0. The smallest absolute Gasteiger partial charge is 0.0305 e. The third-order valence-electron chi connectivity index (χ3n) is 1.64. The second-order valence-corrected chi connectivity index (χ2v) is 6.61. The molecule has 0 spiro atoms. The van der Waals surface area contributed by atoms with E-state index >= 15 is 0 Å². The van der Waals surface area contributed by atoms with Crippen molar-refractivity contribution in [1.82, 2.24) is 0 Å². The molecule has 0 rings (SSSR count). The third kappa shape index (κ3) is 11.0. The van der Waals surface area contributed by atoms with Gasteiger partial charge in [0.2, 0.25) is 0 Å². The Kier molecular flexibility index (Phi) is 11.8. The molecule has 0 aromatic heterocycles. The molecule has 0 aromatic rings. The van der Waals surface area contributed by atoms with Gasteiger partial charge in [-0.15, -0.1) is 0 Å². The first kappa shape index (κ1) is 12.8. The monoisotopic (exact) mass is 162 g/mol. The van der Waals surface area contributed by atoms with E-state index in [0.29, 0.717) is 0 Å². The summed E-state index contributed by atoms with van der Waals surface area (Å²) in [5.41, 5.74) is 0. The fourth-order valence-corrected chi connectivity index (χ4v) is 2.08. The van der Waals surface area contributed by atoms with Gasteiger partial charge in [0, 0.05) is 8.80 Å². The zero-order valence-electron chi connectivity index (χ0n) is 7.61. The van der Waals surface area contributed by atoms with Crippen LogP contribution >= 0.6 is 0 Å². The predicted molar refractivity (Wildman–Crippen MR) is 51.4 cm³/mol. The topological polar surface area (TPSA) is 31.5 Å². The Bertz CT molecular complexity index is 55.2. The molecular weight excluding hydrogens is 140 g/mol. The molecule has 0 saturated heterocycles. The van der Waals surface area contributed by atoms with E-state index in [1.54, 1.807) is 6.04 Å². The molecule has 0 heterocycles. The summed E-state index contributed by atoms with van der Waals surface area (Å²) in [6.45, 7) is 7.14. The number of rotatable bonds is 5. The highest BCUT2D eigenvalue weighted by molar-refractivity contribution is 6.55. The van der Waals surface area contributed by atoms with Gasteiger partial charge in [-0.05, 0) is 0 Å². The lowest BCUT2D eigenvalue weighted by molar-refractivity contribution is 0.699. The molecule has 10 heavy (non-hydrogen) atoms. The van der Waals surface area contributed by atoms with Crippen LogP contribution in [0.3, 0.4) is 0 Å². The second-order valence-electron chi connectivity index (χ2n) is 3.24. The Labute approximate surface area is 66.8 Å². The maximum Gasteiger partial charge on any atom is 0.0305 e. The Balaban J connectivity index is 0. The summed E-state index contributed by atoms with van der Waals surface area (Å²) in [4.78, 5) is 0. The van der Waals surface area contributed by atoms with Crippen molar-refractivity contribution in [2.45, 2.75) is 51.7 Å². The summed E-state index contributed by atoms with van der Waals surface area (Å²) in [5.74, 6) is 0. The van der Waals surface area contributed by atoms with Crippen LogP contribution in [0.4, 0.5) is 0 Å². The van der Waals surface area contributed by atoms with Gasteiger partial charge < -0.3 is 5.48 Å². The van der Waals surface area contributed by atoms with Crippen molar-refractivity contribution in [2.75, 3.05) is 0 Å². The zero-order valence-corrected chi connectivity index (χ0v) is 8.77. The molecule has 0 amide bonds. The lowest BCUT2D eigenvalue weighted by atomic mass is 10.2.